The molecule has 47 heavy (non-hydrogen) atoms. The molecule has 0 aliphatic carbocycles. The van der Waals surface area contributed by atoms with Crippen LogP contribution in [-0.4, -0.2) is 105 Å². The maximum Gasteiger partial charge on any atom is 0.410 e. The van der Waals surface area contributed by atoms with Crippen LogP contribution in [0.5, 0.6) is 0 Å². The lowest BCUT2D eigenvalue weighted by atomic mass is 9.62. The molecule has 14 heteroatoms. The van der Waals surface area contributed by atoms with E-state index in [1.54, 1.807) is 42.8 Å². The van der Waals surface area contributed by atoms with Crippen LogP contribution in [0.2, 0.25) is 5.82 Å². The number of aromatic nitrogens is 5. The van der Waals surface area contributed by atoms with Crippen molar-refractivity contribution in [3.8, 4) is 11.4 Å². The highest BCUT2D eigenvalue weighted by Gasteiger charge is 2.58. The lowest BCUT2D eigenvalue weighted by molar-refractivity contribution is -0.170. The van der Waals surface area contributed by atoms with E-state index < -0.39 is 53.1 Å². The third-order valence-corrected chi connectivity index (χ3v) is 10.1. The molecule has 0 aromatic carbocycles. The molecule has 2 aromatic rings. The van der Waals surface area contributed by atoms with E-state index >= 15 is 0 Å². The van der Waals surface area contributed by atoms with Crippen LogP contribution in [0.1, 0.15) is 74.1 Å². The monoisotopic (exact) mass is 651 g/mol. The van der Waals surface area contributed by atoms with Crippen molar-refractivity contribution < 1.29 is 28.6 Å². The van der Waals surface area contributed by atoms with Crippen LogP contribution in [-0.2, 0) is 30.3 Å². The van der Waals surface area contributed by atoms with Crippen molar-refractivity contribution >= 4 is 25.7 Å². The maximum atomic E-state index is 13.5. The predicted octanol–water partition coefficient (Wildman–Crippen LogP) is 3.64. The number of esters is 1. The van der Waals surface area contributed by atoms with Crippen molar-refractivity contribution in [2.75, 3.05) is 20.2 Å². The van der Waals surface area contributed by atoms with Crippen molar-refractivity contribution in [3.63, 3.8) is 0 Å². The molecule has 9 atom stereocenters. The van der Waals surface area contributed by atoms with Gasteiger partial charge in [0.2, 0.25) is 0 Å². The number of Topliss-reactive ketones (excluding diaryl/α,β-unsaturated/α-hetero) is 1. The van der Waals surface area contributed by atoms with Gasteiger partial charge in [-0.15, -0.1) is 10.2 Å². The standard InChI is InChI=1S/C33H50BN7O6/c1-9-26-33(7)29(41(31(44)47-33)16-11-10-15-40-19-25(38-39-40)24-13-12-14-36-37-24)23(5)35-18-20(2)17-32(6,45-8)28(34)21(3)27(42)22(4)30(43)46-26/h12-14,19-23,26,28-29,35H,9-11,15-18H2,1-8H3/t20-,21+,22-,23-,26-,28-,29-,32-,33-/m1/s1. The molecule has 0 unspecified atom stereocenters. The average molecular weight is 652 g/mol. The van der Waals surface area contributed by atoms with Crippen molar-refractivity contribution in [1.82, 2.24) is 35.4 Å². The summed E-state index contributed by atoms with van der Waals surface area (Å²) in [6, 6.07) is 2.94. The van der Waals surface area contributed by atoms with E-state index in [2.05, 4.69) is 32.7 Å². The zero-order valence-corrected chi connectivity index (χ0v) is 29.0. The molecule has 0 bridgehead atoms. The Kier molecular flexibility index (Phi) is 11.8. The number of carbonyl (C=O) groups is 3. The summed E-state index contributed by atoms with van der Waals surface area (Å²) in [5, 5.41) is 20.0. The number of ketones is 1. The highest BCUT2D eigenvalue weighted by atomic mass is 16.6. The number of cyclic esters (lactones) is 1. The average Bonchev–Trinajstić information content (AvgIpc) is 3.64. The number of unbranched alkanes of at least 4 members (excludes halogenated alkanes) is 1. The summed E-state index contributed by atoms with van der Waals surface area (Å²) < 4.78 is 19.8. The topological polar surface area (TPSA) is 151 Å². The van der Waals surface area contributed by atoms with Gasteiger partial charge in [0, 0.05) is 38.4 Å². The molecule has 1 amide bonds. The summed E-state index contributed by atoms with van der Waals surface area (Å²) in [7, 11) is 8.24. The Hall–Kier alpha value is -3.39. The number of fused-ring (bicyclic) bond motifs is 1. The number of nitrogens with zero attached hydrogens (tertiary/aromatic N) is 6. The molecular formula is C33H50BN7O6. The number of amides is 1. The number of aryl methyl sites for hydroxylation is 1. The molecule has 4 rings (SSSR count). The molecule has 4 heterocycles. The summed E-state index contributed by atoms with van der Waals surface area (Å²) in [5.41, 5.74) is -0.686. The number of methoxy groups -OCH3 is 1. The first-order valence-corrected chi connectivity index (χ1v) is 16.7. The first-order chi connectivity index (χ1) is 22.3. The summed E-state index contributed by atoms with van der Waals surface area (Å²) in [4.78, 5) is 42.3. The molecule has 2 aliphatic rings. The molecule has 1 N–H and O–H groups in total. The van der Waals surface area contributed by atoms with Crippen molar-refractivity contribution in [3.05, 3.63) is 24.5 Å². The minimum Gasteiger partial charge on any atom is -0.458 e. The van der Waals surface area contributed by atoms with E-state index in [1.807, 2.05) is 40.0 Å². The quantitative estimate of drug-likeness (QED) is 0.193. The first kappa shape index (κ1) is 36.5. The maximum absolute atomic E-state index is 13.5. The van der Waals surface area contributed by atoms with E-state index in [0.717, 1.165) is 6.42 Å². The van der Waals surface area contributed by atoms with Gasteiger partial charge >= 0.3 is 12.1 Å². The Morgan fingerprint density at radius 1 is 1.09 bits per heavy atom. The Labute approximate surface area is 279 Å². The minimum absolute atomic E-state index is 0.116. The smallest absolute Gasteiger partial charge is 0.410 e. The van der Waals surface area contributed by atoms with Crippen LogP contribution in [0, 0.1) is 17.8 Å². The van der Waals surface area contributed by atoms with Crippen molar-refractivity contribution in [2.24, 2.45) is 17.8 Å². The first-order valence-electron chi connectivity index (χ1n) is 16.7. The van der Waals surface area contributed by atoms with Gasteiger partial charge in [0.05, 0.1) is 25.7 Å². The molecule has 0 spiro atoms. The van der Waals surface area contributed by atoms with E-state index in [9.17, 15) is 14.4 Å². The second kappa shape index (κ2) is 15.2. The van der Waals surface area contributed by atoms with Gasteiger partial charge in [0.1, 0.15) is 29.2 Å². The number of nitrogens with one attached hydrogen (secondary N) is 1. The zero-order valence-electron chi connectivity index (χ0n) is 29.0. The van der Waals surface area contributed by atoms with E-state index in [1.165, 1.54) is 0 Å². The molecular weight excluding hydrogens is 601 g/mol. The van der Waals surface area contributed by atoms with Crippen LogP contribution in [0.15, 0.2) is 24.5 Å². The molecule has 2 aromatic heterocycles. The largest absolute Gasteiger partial charge is 0.458 e. The van der Waals surface area contributed by atoms with E-state index in [4.69, 9.17) is 22.1 Å². The number of carbonyl (C=O) groups excluding carboxylic acids is 3. The summed E-state index contributed by atoms with van der Waals surface area (Å²) >= 11 is 0. The fourth-order valence-electron chi connectivity index (χ4n) is 7.18. The van der Waals surface area contributed by atoms with Gasteiger partial charge in [-0.1, -0.05) is 26.0 Å². The molecule has 2 aliphatic heterocycles. The number of ether oxygens (including phenoxy) is 3. The second-order valence-corrected chi connectivity index (χ2v) is 13.7. The van der Waals surface area contributed by atoms with Gasteiger partial charge in [-0.3, -0.25) is 19.2 Å². The van der Waals surface area contributed by atoms with Crippen LogP contribution >= 0.6 is 0 Å². The molecule has 13 nitrogen and oxygen atoms in total. The predicted molar refractivity (Wildman–Crippen MR) is 175 cm³/mol. The molecule has 256 valence electrons. The Balaban J connectivity index is 1.54. The fourth-order valence-corrected chi connectivity index (χ4v) is 7.18. The van der Waals surface area contributed by atoms with Gasteiger partial charge in [-0.2, -0.15) is 5.10 Å². The van der Waals surface area contributed by atoms with Gasteiger partial charge in [0.15, 0.2) is 5.60 Å². The number of hydrogen-bond acceptors (Lipinski definition) is 11. The van der Waals surface area contributed by atoms with Crippen LogP contribution < -0.4 is 5.32 Å². The molecule has 2 saturated heterocycles. The van der Waals surface area contributed by atoms with Crippen molar-refractivity contribution in [2.45, 2.75) is 116 Å². The third-order valence-electron chi connectivity index (χ3n) is 10.1. The second-order valence-electron chi connectivity index (χ2n) is 13.7. The van der Waals surface area contributed by atoms with Crippen LogP contribution in [0.3, 0.4) is 0 Å². The van der Waals surface area contributed by atoms with Gasteiger partial charge in [-0.05, 0) is 83.8 Å². The Morgan fingerprint density at radius 2 is 1.81 bits per heavy atom. The Morgan fingerprint density at radius 3 is 2.47 bits per heavy atom. The van der Waals surface area contributed by atoms with Gasteiger partial charge < -0.3 is 19.5 Å². The number of hydrogen-bond donors (Lipinski definition) is 1. The highest BCUT2D eigenvalue weighted by Crippen LogP contribution is 2.40. The fraction of sp³-hybridized carbons (Fsp3) is 0.727. The summed E-state index contributed by atoms with van der Waals surface area (Å²) in [6.07, 6.45) is 4.57. The third kappa shape index (κ3) is 7.85. The lowest BCUT2D eigenvalue weighted by Crippen LogP contribution is -2.61. The molecule has 0 saturated carbocycles. The van der Waals surface area contributed by atoms with E-state index in [-0.39, 0.29) is 17.7 Å². The Bertz CT molecular complexity index is 1380. The van der Waals surface area contributed by atoms with Crippen molar-refractivity contribution in [1.29, 1.82) is 0 Å². The lowest BCUT2D eigenvalue weighted by Gasteiger charge is -2.41. The SMILES string of the molecule is [B][C@@H]1[C@@H](C)C(=O)[C@@H](C)C(=O)O[C@H](CC)[C@@]2(C)OC(=O)N(CCCCn3cc(-c4cccnn4)nn3)[C@@H]2[C@@H](C)NC[C@H](C)C[C@@]1(C)OC. The van der Waals surface area contributed by atoms with Gasteiger partial charge in [-0.25, -0.2) is 4.79 Å². The highest BCUT2D eigenvalue weighted by molar-refractivity contribution is 6.15. The van der Waals surface area contributed by atoms with Crippen LogP contribution in [0.25, 0.3) is 11.4 Å². The normalized spacial score (nSPS) is 34.3. The molecule has 2 fully saturated rings. The zero-order chi connectivity index (χ0) is 34.5. The van der Waals surface area contributed by atoms with E-state index in [0.29, 0.717) is 50.3 Å². The molecule has 2 radical (unpaired) electrons. The minimum atomic E-state index is -1.17. The summed E-state index contributed by atoms with van der Waals surface area (Å²) in [6.45, 7) is 14.7. The summed E-state index contributed by atoms with van der Waals surface area (Å²) in [5.74, 6) is -3.18. The number of rotatable bonds is 8. The van der Waals surface area contributed by atoms with Gasteiger partial charge in [0.25, 0.3) is 0 Å². The van der Waals surface area contributed by atoms with Crippen LogP contribution in [0.4, 0.5) is 4.79 Å².